The van der Waals surface area contributed by atoms with Gasteiger partial charge in [-0.25, -0.2) is 9.18 Å². The molecule has 6 nitrogen and oxygen atoms in total. The fourth-order valence-corrected chi connectivity index (χ4v) is 3.77. The average molecular weight is 422 g/mol. The maximum absolute atomic E-state index is 13.3. The van der Waals surface area contributed by atoms with E-state index in [0.29, 0.717) is 37.4 Å². The highest BCUT2D eigenvalue weighted by atomic mass is 19.1. The molecule has 0 bridgehead atoms. The SMILES string of the molecule is COc1ccc2c(CNCCc3ccco3)c(C(=O)O)n(Cc3ccc(F)cc3)c2c1. The van der Waals surface area contributed by atoms with E-state index in [-0.39, 0.29) is 11.5 Å². The van der Waals surface area contributed by atoms with Gasteiger partial charge in [-0.3, -0.25) is 0 Å². The molecule has 2 aromatic heterocycles. The molecule has 0 amide bonds. The molecule has 31 heavy (non-hydrogen) atoms. The number of benzene rings is 2. The van der Waals surface area contributed by atoms with Crippen molar-refractivity contribution in [3.63, 3.8) is 0 Å². The molecule has 0 saturated heterocycles. The Morgan fingerprint density at radius 1 is 1.19 bits per heavy atom. The van der Waals surface area contributed by atoms with Crippen LogP contribution in [0.25, 0.3) is 10.9 Å². The van der Waals surface area contributed by atoms with E-state index < -0.39 is 5.97 Å². The first kappa shape index (κ1) is 20.7. The van der Waals surface area contributed by atoms with Crippen molar-refractivity contribution in [2.45, 2.75) is 19.5 Å². The van der Waals surface area contributed by atoms with Gasteiger partial charge >= 0.3 is 5.97 Å². The van der Waals surface area contributed by atoms with E-state index in [4.69, 9.17) is 9.15 Å². The molecule has 7 heteroatoms. The summed E-state index contributed by atoms with van der Waals surface area (Å²) >= 11 is 0. The van der Waals surface area contributed by atoms with Crippen LogP contribution in [0.5, 0.6) is 5.75 Å². The van der Waals surface area contributed by atoms with Crippen LogP contribution in [0, 0.1) is 5.82 Å². The monoisotopic (exact) mass is 422 g/mol. The van der Waals surface area contributed by atoms with Gasteiger partial charge in [-0.05, 0) is 42.0 Å². The lowest BCUT2D eigenvalue weighted by Gasteiger charge is -2.10. The third-order valence-electron chi connectivity index (χ3n) is 5.26. The summed E-state index contributed by atoms with van der Waals surface area (Å²) in [6.45, 7) is 1.34. The summed E-state index contributed by atoms with van der Waals surface area (Å²) < 4.78 is 25.8. The number of aromatic carboxylic acids is 1. The van der Waals surface area contributed by atoms with Crippen molar-refractivity contribution in [2.75, 3.05) is 13.7 Å². The van der Waals surface area contributed by atoms with Gasteiger partial charge in [-0.2, -0.15) is 0 Å². The minimum Gasteiger partial charge on any atom is -0.497 e. The minimum absolute atomic E-state index is 0.207. The van der Waals surface area contributed by atoms with Crippen LogP contribution in [0.1, 0.15) is 27.4 Å². The van der Waals surface area contributed by atoms with Crippen molar-refractivity contribution in [2.24, 2.45) is 0 Å². The number of fused-ring (bicyclic) bond motifs is 1. The first-order valence-corrected chi connectivity index (χ1v) is 9.96. The number of nitrogens with zero attached hydrogens (tertiary/aromatic N) is 1. The van der Waals surface area contributed by atoms with Crippen molar-refractivity contribution in [1.29, 1.82) is 0 Å². The van der Waals surface area contributed by atoms with Gasteiger partial charge in [-0.1, -0.05) is 12.1 Å². The summed E-state index contributed by atoms with van der Waals surface area (Å²) in [5.41, 5.74) is 2.47. The Morgan fingerprint density at radius 3 is 2.68 bits per heavy atom. The summed E-state index contributed by atoms with van der Waals surface area (Å²) in [6.07, 6.45) is 2.34. The highest BCUT2D eigenvalue weighted by Gasteiger charge is 2.23. The number of nitrogens with one attached hydrogen (secondary N) is 1. The fraction of sp³-hybridized carbons (Fsp3) is 0.208. The van der Waals surface area contributed by atoms with Crippen LogP contribution in [0.2, 0.25) is 0 Å². The first-order chi connectivity index (χ1) is 15.1. The number of aromatic nitrogens is 1. The average Bonchev–Trinajstić information content (AvgIpc) is 3.39. The maximum Gasteiger partial charge on any atom is 0.352 e. The molecule has 2 aromatic carbocycles. The number of methoxy groups -OCH3 is 1. The number of hydrogen-bond acceptors (Lipinski definition) is 4. The number of carboxylic acid groups (broad SMARTS) is 1. The molecule has 0 aliphatic carbocycles. The second-order valence-corrected chi connectivity index (χ2v) is 7.23. The maximum atomic E-state index is 13.3. The number of carbonyl (C=O) groups is 1. The summed E-state index contributed by atoms with van der Waals surface area (Å²) in [6, 6.07) is 15.4. The second kappa shape index (κ2) is 9.06. The molecule has 0 spiro atoms. The van der Waals surface area contributed by atoms with Crippen LogP contribution >= 0.6 is 0 Å². The van der Waals surface area contributed by atoms with Crippen molar-refractivity contribution in [3.05, 3.63) is 89.3 Å². The van der Waals surface area contributed by atoms with Gasteiger partial charge in [-0.15, -0.1) is 0 Å². The zero-order valence-corrected chi connectivity index (χ0v) is 17.1. The van der Waals surface area contributed by atoms with Gasteiger partial charge in [0, 0.05) is 43.1 Å². The standard InChI is InChI=1S/C24H23FN2O4/c1-30-19-8-9-20-21(14-26-11-10-18-3-2-12-31-18)23(24(28)29)27(22(20)13-19)15-16-4-6-17(25)7-5-16/h2-9,12-13,26H,10-11,14-15H2,1H3,(H,28,29). The van der Waals surface area contributed by atoms with Crippen LogP contribution in [-0.2, 0) is 19.5 Å². The van der Waals surface area contributed by atoms with E-state index in [9.17, 15) is 14.3 Å². The molecule has 0 atom stereocenters. The Bertz CT molecular complexity index is 1180. The molecule has 4 rings (SSSR count). The lowest BCUT2D eigenvalue weighted by atomic mass is 10.1. The fourth-order valence-electron chi connectivity index (χ4n) is 3.77. The lowest BCUT2D eigenvalue weighted by molar-refractivity contribution is 0.0684. The minimum atomic E-state index is -1.01. The molecular formula is C24H23FN2O4. The number of furan rings is 1. The molecule has 4 aromatic rings. The van der Waals surface area contributed by atoms with E-state index in [1.807, 2.05) is 30.3 Å². The Morgan fingerprint density at radius 2 is 2.00 bits per heavy atom. The van der Waals surface area contributed by atoms with Gasteiger partial charge in [0.1, 0.15) is 23.0 Å². The number of ether oxygens (including phenoxy) is 1. The third-order valence-corrected chi connectivity index (χ3v) is 5.26. The summed E-state index contributed by atoms with van der Waals surface area (Å²) in [5.74, 6) is 0.164. The van der Waals surface area contributed by atoms with E-state index in [1.165, 1.54) is 12.1 Å². The van der Waals surface area contributed by atoms with Gasteiger partial charge in [0.15, 0.2) is 0 Å². The van der Waals surface area contributed by atoms with Gasteiger partial charge in [0.2, 0.25) is 0 Å². The third kappa shape index (κ3) is 4.46. The quantitative estimate of drug-likeness (QED) is 0.390. The van der Waals surface area contributed by atoms with E-state index in [2.05, 4.69) is 5.32 Å². The highest BCUT2D eigenvalue weighted by molar-refractivity contribution is 5.98. The van der Waals surface area contributed by atoms with Crippen LogP contribution in [0.4, 0.5) is 4.39 Å². The summed E-state index contributed by atoms with van der Waals surface area (Å²) in [5, 5.41) is 14.2. The molecule has 2 N–H and O–H groups in total. The summed E-state index contributed by atoms with van der Waals surface area (Å²) in [7, 11) is 1.57. The molecule has 0 aliphatic heterocycles. The normalized spacial score (nSPS) is 11.2. The highest BCUT2D eigenvalue weighted by Crippen LogP contribution is 2.30. The van der Waals surface area contributed by atoms with Gasteiger partial charge < -0.3 is 24.1 Å². The van der Waals surface area contributed by atoms with Crippen LogP contribution < -0.4 is 10.1 Å². The van der Waals surface area contributed by atoms with Crippen molar-refractivity contribution < 1.29 is 23.4 Å². The lowest BCUT2D eigenvalue weighted by Crippen LogP contribution is -2.19. The first-order valence-electron chi connectivity index (χ1n) is 9.96. The number of hydrogen-bond donors (Lipinski definition) is 2. The zero-order chi connectivity index (χ0) is 21.8. The predicted molar refractivity (Wildman–Crippen MR) is 115 cm³/mol. The van der Waals surface area contributed by atoms with Gasteiger partial charge in [0.05, 0.1) is 18.9 Å². The topological polar surface area (TPSA) is 76.6 Å². The Hall–Kier alpha value is -3.58. The molecule has 0 fully saturated rings. The van der Waals surface area contributed by atoms with Crippen molar-refractivity contribution in [3.8, 4) is 5.75 Å². The van der Waals surface area contributed by atoms with Crippen molar-refractivity contribution >= 4 is 16.9 Å². The molecule has 2 heterocycles. The van der Waals surface area contributed by atoms with E-state index >= 15 is 0 Å². The largest absolute Gasteiger partial charge is 0.497 e. The molecule has 0 aliphatic rings. The smallest absolute Gasteiger partial charge is 0.352 e. The van der Waals surface area contributed by atoms with Crippen LogP contribution in [0.3, 0.4) is 0 Å². The number of rotatable bonds is 9. The number of halogens is 1. The Kier molecular flexibility index (Phi) is 6.04. The molecule has 160 valence electrons. The Balaban J connectivity index is 1.70. The zero-order valence-electron chi connectivity index (χ0n) is 17.1. The predicted octanol–water partition coefficient (Wildman–Crippen LogP) is 4.46. The van der Waals surface area contributed by atoms with Gasteiger partial charge in [0.25, 0.3) is 0 Å². The van der Waals surface area contributed by atoms with Crippen LogP contribution in [-0.4, -0.2) is 29.3 Å². The molecular weight excluding hydrogens is 399 g/mol. The Labute approximate surface area is 178 Å². The second-order valence-electron chi connectivity index (χ2n) is 7.23. The van der Waals surface area contributed by atoms with E-state index in [1.54, 1.807) is 30.1 Å². The molecule has 0 saturated carbocycles. The van der Waals surface area contributed by atoms with Crippen molar-refractivity contribution in [1.82, 2.24) is 9.88 Å². The summed E-state index contributed by atoms with van der Waals surface area (Å²) in [4.78, 5) is 12.3. The molecule has 0 unspecified atom stereocenters. The number of carboxylic acids is 1. The molecule has 0 radical (unpaired) electrons. The van der Waals surface area contributed by atoms with Crippen LogP contribution in [0.15, 0.2) is 65.3 Å². The van der Waals surface area contributed by atoms with E-state index in [0.717, 1.165) is 22.2 Å².